The molecule has 0 aliphatic rings. The number of aryl methyl sites for hydroxylation is 1. The second-order valence-electron chi connectivity index (χ2n) is 4.95. The van der Waals surface area contributed by atoms with Gasteiger partial charge in [0, 0.05) is 22.3 Å². The fourth-order valence-corrected chi connectivity index (χ4v) is 2.52. The number of rotatable bonds is 6. The van der Waals surface area contributed by atoms with Crippen LogP contribution < -0.4 is 10.1 Å². The van der Waals surface area contributed by atoms with Crippen molar-refractivity contribution in [2.75, 3.05) is 11.9 Å². The molecule has 3 heteroatoms. The molecule has 2 aromatic rings. The number of hydrogen-bond acceptors (Lipinski definition) is 2. The summed E-state index contributed by atoms with van der Waals surface area (Å²) in [6, 6.07) is 12.3. The van der Waals surface area contributed by atoms with Gasteiger partial charge in [0.15, 0.2) is 0 Å². The van der Waals surface area contributed by atoms with E-state index in [1.165, 1.54) is 11.1 Å². The normalized spacial score (nSPS) is 10.2. The minimum atomic E-state index is 0.512. The van der Waals surface area contributed by atoms with Gasteiger partial charge >= 0.3 is 0 Å². The third-order valence-corrected chi connectivity index (χ3v) is 3.95. The Bertz CT molecular complexity index is 637. The largest absolute Gasteiger partial charge is 0.489 e. The summed E-state index contributed by atoms with van der Waals surface area (Å²) in [4.78, 5) is 0. The van der Waals surface area contributed by atoms with Crippen molar-refractivity contribution in [1.29, 1.82) is 0 Å². The van der Waals surface area contributed by atoms with E-state index in [0.29, 0.717) is 6.61 Å². The quantitative estimate of drug-likeness (QED) is 0.722. The Balaban J connectivity index is 2.16. The van der Waals surface area contributed by atoms with Gasteiger partial charge in [0.25, 0.3) is 0 Å². The molecule has 0 saturated heterocycles. The molecule has 0 aliphatic heterocycles. The van der Waals surface area contributed by atoms with Gasteiger partial charge < -0.3 is 10.1 Å². The third-order valence-electron chi connectivity index (χ3n) is 3.45. The van der Waals surface area contributed by atoms with Crippen molar-refractivity contribution in [3.05, 3.63) is 70.2 Å². The molecule has 0 amide bonds. The molecule has 2 aromatic carbocycles. The average Bonchev–Trinajstić information content (AvgIpc) is 2.48. The summed E-state index contributed by atoms with van der Waals surface area (Å²) in [6.07, 6.45) is 1.75. The van der Waals surface area contributed by atoms with Crippen LogP contribution in [0.2, 0.25) is 0 Å². The lowest BCUT2D eigenvalue weighted by atomic mass is 10.1. The first-order valence-corrected chi connectivity index (χ1v) is 7.73. The van der Waals surface area contributed by atoms with Crippen molar-refractivity contribution in [3.8, 4) is 5.75 Å². The SMILES string of the molecule is C=CCOc1ccc(Br)cc1CNc1cccc(C)c1C. The van der Waals surface area contributed by atoms with E-state index in [-0.39, 0.29) is 0 Å². The molecule has 0 saturated carbocycles. The number of anilines is 1. The first-order valence-electron chi connectivity index (χ1n) is 6.94. The van der Waals surface area contributed by atoms with Gasteiger partial charge in [-0.05, 0) is 49.2 Å². The molecular weight excluding hydrogens is 326 g/mol. The molecule has 0 radical (unpaired) electrons. The zero-order valence-corrected chi connectivity index (χ0v) is 14.0. The van der Waals surface area contributed by atoms with Gasteiger partial charge in [-0.1, -0.05) is 40.7 Å². The lowest BCUT2D eigenvalue weighted by Crippen LogP contribution is -2.05. The highest BCUT2D eigenvalue weighted by Crippen LogP contribution is 2.25. The summed E-state index contributed by atoms with van der Waals surface area (Å²) in [7, 11) is 0. The van der Waals surface area contributed by atoms with Crippen molar-refractivity contribution in [2.45, 2.75) is 20.4 Å². The van der Waals surface area contributed by atoms with Crippen molar-refractivity contribution >= 4 is 21.6 Å². The maximum absolute atomic E-state index is 5.70. The minimum Gasteiger partial charge on any atom is -0.489 e. The van der Waals surface area contributed by atoms with Crippen LogP contribution in [-0.2, 0) is 6.54 Å². The van der Waals surface area contributed by atoms with Gasteiger partial charge in [0.1, 0.15) is 12.4 Å². The molecule has 0 fully saturated rings. The van der Waals surface area contributed by atoms with Crippen molar-refractivity contribution in [2.24, 2.45) is 0 Å². The predicted octanol–water partition coefficient (Wildman–Crippen LogP) is 5.24. The summed E-state index contributed by atoms with van der Waals surface area (Å²) >= 11 is 3.51. The number of hydrogen-bond donors (Lipinski definition) is 1. The van der Waals surface area contributed by atoms with Crippen LogP contribution in [-0.4, -0.2) is 6.61 Å². The summed E-state index contributed by atoms with van der Waals surface area (Å²) in [5.41, 5.74) is 4.84. The second kappa shape index (κ2) is 7.32. The zero-order valence-electron chi connectivity index (χ0n) is 12.4. The first-order chi connectivity index (χ1) is 10.1. The smallest absolute Gasteiger partial charge is 0.124 e. The lowest BCUT2D eigenvalue weighted by Gasteiger charge is -2.14. The molecule has 0 spiro atoms. The topological polar surface area (TPSA) is 21.3 Å². The Labute approximate surface area is 135 Å². The van der Waals surface area contributed by atoms with E-state index in [1.54, 1.807) is 6.08 Å². The molecule has 1 N–H and O–H groups in total. The fourth-order valence-electron chi connectivity index (χ4n) is 2.11. The summed E-state index contributed by atoms with van der Waals surface area (Å²) < 4.78 is 6.75. The first kappa shape index (κ1) is 15.6. The number of halogens is 1. The lowest BCUT2D eigenvalue weighted by molar-refractivity contribution is 0.359. The molecule has 0 atom stereocenters. The van der Waals surface area contributed by atoms with Crippen molar-refractivity contribution in [1.82, 2.24) is 0 Å². The molecule has 21 heavy (non-hydrogen) atoms. The average molecular weight is 346 g/mol. The standard InChI is InChI=1S/C18H20BrNO/c1-4-10-21-18-9-8-16(19)11-15(18)12-20-17-7-5-6-13(2)14(17)3/h4-9,11,20H,1,10,12H2,2-3H3. The van der Waals surface area contributed by atoms with E-state index in [4.69, 9.17) is 4.74 Å². The van der Waals surface area contributed by atoms with E-state index >= 15 is 0 Å². The van der Waals surface area contributed by atoms with Gasteiger partial charge in [0.2, 0.25) is 0 Å². The van der Waals surface area contributed by atoms with E-state index in [2.05, 4.69) is 65.9 Å². The Kier molecular flexibility index (Phi) is 5.45. The minimum absolute atomic E-state index is 0.512. The van der Waals surface area contributed by atoms with Crippen molar-refractivity contribution < 1.29 is 4.74 Å². The summed E-state index contributed by atoms with van der Waals surface area (Å²) in [6.45, 7) is 9.17. The van der Waals surface area contributed by atoms with Crippen LogP contribution in [0.1, 0.15) is 16.7 Å². The van der Waals surface area contributed by atoms with E-state index in [0.717, 1.165) is 28.0 Å². The molecule has 110 valence electrons. The van der Waals surface area contributed by atoms with Crippen LogP contribution >= 0.6 is 15.9 Å². The third kappa shape index (κ3) is 4.11. The van der Waals surface area contributed by atoms with Crippen LogP contribution in [0, 0.1) is 13.8 Å². The van der Waals surface area contributed by atoms with Crippen molar-refractivity contribution in [3.63, 3.8) is 0 Å². The van der Waals surface area contributed by atoms with Crippen LogP contribution in [0.25, 0.3) is 0 Å². The Morgan fingerprint density at radius 1 is 1.24 bits per heavy atom. The molecule has 0 heterocycles. The fraction of sp³-hybridized carbons (Fsp3) is 0.222. The van der Waals surface area contributed by atoms with E-state index < -0.39 is 0 Å². The van der Waals surface area contributed by atoms with Crippen LogP contribution in [0.5, 0.6) is 5.75 Å². The molecule has 2 rings (SSSR count). The highest BCUT2D eigenvalue weighted by atomic mass is 79.9. The van der Waals surface area contributed by atoms with Crippen LogP contribution in [0.3, 0.4) is 0 Å². The predicted molar refractivity (Wildman–Crippen MR) is 93.1 cm³/mol. The van der Waals surface area contributed by atoms with E-state index in [9.17, 15) is 0 Å². The van der Waals surface area contributed by atoms with E-state index in [1.807, 2.05) is 12.1 Å². The van der Waals surface area contributed by atoms with Gasteiger partial charge in [-0.25, -0.2) is 0 Å². The second-order valence-corrected chi connectivity index (χ2v) is 5.87. The highest BCUT2D eigenvalue weighted by molar-refractivity contribution is 9.10. The van der Waals surface area contributed by atoms with Gasteiger partial charge in [-0.15, -0.1) is 0 Å². The number of nitrogens with one attached hydrogen (secondary N) is 1. The van der Waals surface area contributed by atoms with Gasteiger partial charge in [0.05, 0.1) is 0 Å². The monoisotopic (exact) mass is 345 g/mol. The summed E-state index contributed by atoms with van der Waals surface area (Å²) in [5.74, 6) is 0.885. The maximum atomic E-state index is 5.70. The van der Waals surface area contributed by atoms with Crippen LogP contribution in [0.15, 0.2) is 53.5 Å². The molecule has 0 unspecified atom stereocenters. The molecule has 0 aliphatic carbocycles. The molecule has 0 aromatic heterocycles. The molecule has 2 nitrogen and oxygen atoms in total. The molecular formula is C18H20BrNO. The Morgan fingerprint density at radius 3 is 2.81 bits per heavy atom. The maximum Gasteiger partial charge on any atom is 0.124 e. The number of benzene rings is 2. The zero-order chi connectivity index (χ0) is 15.2. The number of ether oxygens (including phenoxy) is 1. The highest BCUT2D eigenvalue weighted by Gasteiger charge is 2.06. The Morgan fingerprint density at radius 2 is 2.05 bits per heavy atom. The summed E-state index contributed by atoms with van der Waals surface area (Å²) in [5, 5.41) is 3.49. The Hall–Kier alpha value is -1.74. The van der Waals surface area contributed by atoms with Gasteiger partial charge in [-0.2, -0.15) is 0 Å². The molecule has 0 bridgehead atoms. The van der Waals surface area contributed by atoms with Crippen LogP contribution in [0.4, 0.5) is 5.69 Å². The van der Waals surface area contributed by atoms with Gasteiger partial charge in [-0.3, -0.25) is 0 Å².